The fourth-order valence-electron chi connectivity index (χ4n) is 2.39. The van der Waals surface area contributed by atoms with E-state index in [4.69, 9.17) is 0 Å². The fourth-order valence-corrected chi connectivity index (χ4v) is 2.39. The largest absolute Gasteiger partial charge is 0.331 e. The lowest BCUT2D eigenvalue weighted by atomic mass is 10.0. The highest BCUT2D eigenvalue weighted by Crippen LogP contribution is 2.26. The molecule has 1 aromatic heterocycles. The van der Waals surface area contributed by atoms with Crippen LogP contribution in [0.4, 0.5) is 16.3 Å². The van der Waals surface area contributed by atoms with Crippen LogP contribution in [-0.2, 0) is 11.2 Å². The zero-order valence-corrected chi connectivity index (χ0v) is 12.1. The molecule has 3 N–H and O–H groups in total. The van der Waals surface area contributed by atoms with Crippen molar-refractivity contribution in [2.75, 3.05) is 10.6 Å². The van der Waals surface area contributed by atoms with Crippen molar-refractivity contribution in [2.24, 2.45) is 0 Å². The van der Waals surface area contributed by atoms with Gasteiger partial charge in [0, 0.05) is 11.9 Å². The summed E-state index contributed by atoms with van der Waals surface area (Å²) in [5, 5.41) is 8.32. The molecule has 3 rings (SSSR count). The highest BCUT2D eigenvalue weighted by atomic mass is 16.2. The number of nitrogens with one attached hydrogen (secondary N) is 3. The van der Waals surface area contributed by atoms with Crippen LogP contribution in [0.5, 0.6) is 0 Å². The molecule has 2 aromatic rings. The molecule has 2 heterocycles. The van der Waals surface area contributed by atoms with Crippen molar-refractivity contribution in [1.29, 1.82) is 0 Å². The molecule has 0 aliphatic carbocycles. The van der Waals surface area contributed by atoms with Gasteiger partial charge in [-0.2, -0.15) is 0 Å². The molecular weight excluding hydrogens is 280 g/mol. The molecule has 6 heteroatoms. The maximum Gasteiger partial charge on any atom is 0.320 e. The topological polar surface area (TPSA) is 83.1 Å². The molecule has 0 saturated heterocycles. The van der Waals surface area contributed by atoms with Crippen LogP contribution in [0.15, 0.2) is 42.6 Å². The summed E-state index contributed by atoms with van der Waals surface area (Å²) in [5.74, 6) is 0.497. The molecule has 22 heavy (non-hydrogen) atoms. The molecule has 1 atom stereocenters. The average molecular weight is 296 g/mol. The average Bonchev–Trinajstić information content (AvgIpc) is 2.87. The lowest BCUT2D eigenvalue weighted by Crippen LogP contribution is -2.31. The summed E-state index contributed by atoms with van der Waals surface area (Å²) in [6.45, 7) is 1.89. The molecule has 1 aromatic carbocycles. The standard InChI is InChI=1S/C16H16N4O2/c1-10(18-16(22)20-14-4-2-3-7-17-14)11-5-6-13-12(8-11)9-15(21)19-13/h2-8,10H,9H2,1H3,(H,19,21)(H2,17,18,20,22). The van der Waals surface area contributed by atoms with Crippen LogP contribution in [0.2, 0.25) is 0 Å². The van der Waals surface area contributed by atoms with E-state index in [0.29, 0.717) is 12.2 Å². The van der Waals surface area contributed by atoms with Crippen LogP contribution < -0.4 is 16.0 Å². The molecule has 6 nitrogen and oxygen atoms in total. The van der Waals surface area contributed by atoms with Crippen molar-refractivity contribution in [3.05, 3.63) is 53.7 Å². The Hall–Kier alpha value is -2.89. The Morgan fingerprint density at radius 2 is 2.18 bits per heavy atom. The number of pyridine rings is 1. The SMILES string of the molecule is CC(NC(=O)Nc1ccccn1)c1ccc2c(c1)CC(=O)N2. The number of carbonyl (C=O) groups excluding carboxylic acids is 2. The molecule has 1 aliphatic heterocycles. The Labute approximate surface area is 127 Å². The normalized spacial score (nSPS) is 14.0. The number of aromatic nitrogens is 1. The van der Waals surface area contributed by atoms with Gasteiger partial charge in [0.2, 0.25) is 5.91 Å². The van der Waals surface area contributed by atoms with Gasteiger partial charge in [-0.3, -0.25) is 10.1 Å². The summed E-state index contributed by atoms with van der Waals surface area (Å²) in [7, 11) is 0. The Bertz CT molecular complexity index is 715. The van der Waals surface area contributed by atoms with Crippen molar-refractivity contribution in [2.45, 2.75) is 19.4 Å². The second-order valence-corrected chi connectivity index (χ2v) is 5.18. The Kier molecular flexibility index (Phi) is 3.74. The summed E-state index contributed by atoms with van der Waals surface area (Å²) in [6, 6.07) is 10.5. The molecule has 1 unspecified atom stereocenters. The van der Waals surface area contributed by atoms with Gasteiger partial charge in [0.1, 0.15) is 5.82 Å². The zero-order valence-electron chi connectivity index (χ0n) is 12.1. The first-order valence-corrected chi connectivity index (χ1v) is 7.03. The van der Waals surface area contributed by atoms with E-state index in [1.54, 1.807) is 24.4 Å². The van der Waals surface area contributed by atoms with E-state index >= 15 is 0 Å². The van der Waals surface area contributed by atoms with E-state index in [1.165, 1.54) is 0 Å². The first-order chi connectivity index (χ1) is 10.6. The van der Waals surface area contributed by atoms with E-state index in [9.17, 15) is 9.59 Å². The number of nitrogens with zero attached hydrogens (tertiary/aromatic N) is 1. The van der Waals surface area contributed by atoms with Crippen LogP contribution in [0.3, 0.4) is 0 Å². The molecule has 0 saturated carbocycles. The monoisotopic (exact) mass is 296 g/mol. The fraction of sp³-hybridized carbons (Fsp3) is 0.188. The molecule has 0 radical (unpaired) electrons. The molecule has 1 aliphatic rings. The second kappa shape index (κ2) is 5.85. The Morgan fingerprint density at radius 3 is 2.95 bits per heavy atom. The number of carbonyl (C=O) groups is 2. The zero-order chi connectivity index (χ0) is 15.5. The summed E-state index contributed by atoms with van der Waals surface area (Å²) in [6.07, 6.45) is 2.00. The summed E-state index contributed by atoms with van der Waals surface area (Å²) < 4.78 is 0. The number of urea groups is 1. The van der Waals surface area contributed by atoms with Crippen molar-refractivity contribution in [1.82, 2.24) is 10.3 Å². The molecule has 112 valence electrons. The van der Waals surface area contributed by atoms with Crippen molar-refractivity contribution < 1.29 is 9.59 Å². The van der Waals surface area contributed by atoms with Crippen molar-refractivity contribution in [3.8, 4) is 0 Å². The maximum absolute atomic E-state index is 12.0. The quantitative estimate of drug-likeness (QED) is 0.813. The molecular formula is C16H16N4O2. The van der Waals surface area contributed by atoms with Gasteiger partial charge in [0.25, 0.3) is 0 Å². The summed E-state index contributed by atoms with van der Waals surface area (Å²) >= 11 is 0. The maximum atomic E-state index is 12.0. The molecule has 0 spiro atoms. The number of fused-ring (bicyclic) bond motifs is 1. The third-order valence-corrected chi connectivity index (χ3v) is 3.51. The Balaban J connectivity index is 1.65. The van der Waals surface area contributed by atoms with Gasteiger partial charge in [-0.1, -0.05) is 18.2 Å². The van der Waals surface area contributed by atoms with E-state index < -0.39 is 0 Å². The summed E-state index contributed by atoms with van der Waals surface area (Å²) in [5.41, 5.74) is 2.76. The lowest BCUT2D eigenvalue weighted by Gasteiger charge is -2.15. The minimum absolute atomic E-state index is 0.000609. The smallest absolute Gasteiger partial charge is 0.320 e. The molecule has 3 amide bonds. The van der Waals surface area contributed by atoms with Crippen molar-refractivity contribution >= 4 is 23.4 Å². The van der Waals surface area contributed by atoms with Crippen LogP contribution in [0.1, 0.15) is 24.1 Å². The third-order valence-electron chi connectivity index (χ3n) is 3.51. The van der Waals surface area contributed by atoms with Crippen LogP contribution >= 0.6 is 0 Å². The number of rotatable bonds is 3. The second-order valence-electron chi connectivity index (χ2n) is 5.18. The van der Waals surface area contributed by atoms with Gasteiger partial charge in [-0.25, -0.2) is 9.78 Å². The minimum atomic E-state index is -0.319. The first kappa shape index (κ1) is 14.1. The highest BCUT2D eigenvalue weighted by molar-refractivity contribution is 5.99. The van der Waals surface area contributed by atoms with Gasteiger partial charge in [0.05, 0.1) is 12.5 Å². The van der Waals surface area contributed by atoms with Gasteiger partial charge >= 0.3 is 6.03 Å². The van der Waals surface area contributed by atoms with Gasteiger partial charge in [0.15, 0.2) is 0 Å². The van der Waals surface area contributed by atoms with Gasteiger partial charge < -0.3 is 10.6 Å². The van der Waals surface area contributed by atoms with E-state index in [0.717, 1.165) is 16.8 Å². The van der Waals surface area contributed by atoms with Crippen LogP contribution in [0, 0.1) is 0 Å². The molecule has 0 fully saturated rings. The van der Waals surface area contributed by atoms with E-state index in [-0.39, 0.29) is 18.0 Å². The third kappa shape index (κ3) is 3.06. The molecule has 0 bridgehead atoms. The number of hydrogen-bond acceptors (Lipinski definition) is 3. The number of amides is 3. The van der Waals surface area contributed by atoms with Crippen LogP contribution in [-0.4, -0.2) is 16.9 Å². The predicted molar refractivity (Wildman–Crippen MR) is 83.6 cm³/mol. The number of anilines is 2. The first-order valence-electron chi connectivity index (χ1n) is 7.03. The lowest BCUT2D eigenvalue weighted by molar-refractivity contribution is -0.115. The van der Waals surface area contributed by atoms with E-state index in [1.807, 2.05) is 25.1 Å². The number of benzene rings is 1. The minimum Gasteiger partial charge on any atom is -0.331 e. The van der Waals surface area contributed by atoms with Gasteiger partial charge in [-0.05, 0) is 36.2 Å². The highest BCUT2D eigenvalue weighted by Gasteiger charge is 2.19. The van der Waals surface area contributed by atoms with Gasteiger partial charge in [-0.15, -0.1) is 0 Å². The Morgan fingerprint density at radius 1 is 1.32 bits per heavy atom. The van der Waals surface area contributed by atoms with Crippen LogP contribution in [0.25, 0.3) is 0 Å². The predicted octanol–water partition coefficient (Wildman–Crippen LogP) is 2.46. The number of hydrogen-bond donors (Lipinski definition) is 3. The summed E-state index contributed by atoms with van der Waals surface area (Å²) in [4.78, 5) is 27.4. The van der Waals surface area contributed by atoms with Crippen molar-refractivity contribution in [3.63, 3.8) is 0 Å². The van der Waals surface area contributed by atoms with E-state index in [2.05, 4.69) is 20.9 Å².